The maximum Gasteiger partial charge on any atom is 0.108 e. The van der Waals surface area contributed by atoms with Crippen LogP contribution in [0.3, 0.4) is 0 Å². The summed E-state index contributed by atoms with van der Waals surface area (Å²) >= 11 is 0. The van der Waals surface area contributed by atoms with Crippen molar-refractivity contribution in [2.75, 3.05) is 0 Å². The minimum atomic E-state index is -1.93. The summed E-state index contributed by atoms with van der Waals surface area (Å²) in [6, 6.07) is 23.8. The van der Waals surface area contributed by atoms with Crippen LogP contribution in [0.25, 0.3) is 0 Å². The van der Waals surface area contributed by atoms with Crippen LogP contribution in [0.1, 0.15) is 44.5 Å². The van der Waals surface area contributed by atoms with Gasteiger partial charge < -0.3 is 9.47 Å². The van der Waals surface area contributed by atoms with E-state index in [1.807, 2.05) is 0 Å². The van der Waals surface area contributed by atoms with Gasteiger partial charge in [0.25, 0.3) is 0 Å². The molecule has 0 unspecified atom stereocenters. The lowest BCUT2D eigenvalue weighted by atomic mass is 9.78. The zero-order valence-electron chi connectivity index (χ0n) is 26.6. The molecule has 210 valence electrons. The molecule has 2 nitrogen and oxygen atoms in total. The van der Waals surface area contributed by atoms with Crippen molar-refractivity contribution < 1.29 is 9.47 Å². The third-order valence-electron chi connectivity index (χ3n) is 10.9. The summed E-state index contributed by atoms with van der Waals surface area (Å²) in [5, 5.41) is -1.38. The maximum absolute atomic E-state index is 7.81. The van der Waals surface area contributed by atoms with E-state index in [1.165, 1.54) is 44.5 Å². The highest BCUT2D eigenvalue weighted by Crippen LogP contribution is 2.72. The number of benzene rings is 3. The number of rotatable bonds is 4. The number of fused-ring (bicyclic) bond motifs is 16. The van der Waals surface area contributed by atoms with Crippen molar-refractivity contribution in [3.05, 3.63) is 105 Å². The molecular formula is C34H46O2Si4. The van der Waals surface area contributed by atoms with E-state index in [2.05, 4.69) is 139 Å². The molecule has 0 N–H and O–H groups in total. The lowest BCUT2D eigenvalue weighted by Gasteiger charge is -2.43. The van der Waals surface area contributed by atoms with Crippen LogP contribution in [-0.4, -0.2) is 32.3 Å². The first-order valence-corrected chi connectivity index (χ1v) is 29.1. The minimum absolute atomic E-state index is 0.345. The average molecular weight is 599 g/mol. The monoisotopic (exact) mass is 598 g/mol. The fourth-order valence-electron chi connectivity index (χ4n) is 9.28. The summed E-state index contributed by atoms with van der Waals surface area (Å²) in [6.45, 7) is 30.2. The molecule has 6 heteroatoms. The van der Waals surface area contributed by atoms with Gasteiger partial charge in [0.15, 0.2) is 0 Å². The molecule has 4 atom stereocenters. The molecule has 0 aliphatic carbocycles. The predicted molar refractivity (Wildman–Crippen MR) is 178 cm³/mol. The van der Waals surface area contributed by atoms with E-state index in [4.69, 9.17) is 9.47 Å². The van der Waals surface area contributed by atoms with Crippen molar-refractivity contribution in [2.24, 2.45) is 0 Å². The first-order valence-electron chi connectivity index (χ1n) is 15.1. The third-order valence-corrected chi connectivity index (χ3v) is 21.9. The minimum Gasteiger partial charge on any atom is -0.357 e. The highest BCUT2D eigenvalue weighted by molar-refractivity contribution is 6.83. The Morgan fingerprint density at radius 3 is 0.725 bits per heavy atom. The molecule has 7 rings (SSSR count). The zero-order chi connectivity index (χ0) is 29.1. The van der Waals surface area contributed by atoms with E-state index in [-0.39, 0.29) is 20.9 Å². The van der Waals surface area contributed by atoms with E-state index >= 15 is 0 Å². The van der Waals surface area contributed by atoms with Crippen LogP contribution < -0.4 is 0 Å². The van der Waals surface area contributed by atoms with Crippen LogP contribution in [0.2, 0.25) is 78.6 Å². The van der Waals surface area contributed by atoms with Crippen LogP contribution in [0.5, 0.6) is 0 Å². The third kappa shape index (κ3) is 2.61. The predicted octanol–water partition coefficient (Wildman–Crippen LogP) is 8.86. The summed E-state index contributed by atoms with van der Waals surface area (Å²) in [7, 11) is -7.73. The van der Waals surface area contributed by atoms with Gasteiger partial charge in [-0.25, -0.2) is 0 Å². The second kappa shape index (κ2) is 7.32. The summed E-state index contributed by atoms with van der Waals surface area (Å²) in [5.41, 5.74) is 11.6. The number of ether oxygens (including phenoxy) is 2. The van der Waals surface area contributed by atoms with Gasteiger partial charge in [0.1, 0.15) is 20.9 Å². The molecule has 0 radical (unpaired) electrons. The Balaban J connectivity index is 1.68. The molecule has 4 heterocycles. The van der Waals surface area contributed by atoms with Gasteiger partial charge in [0.05, 0.1) is 32.3 Å². The van der Waals surface area contributed by atoms with Gasteiger partial charge in [-0.1, -0.05) is 127 Å². The molecule has 0 aromatic heterocycles. The zero-order valence-corrected chi connectivity index (χ0v) is 30.6. The van der Waals surface area contributed by atoms with Crippen LogP contribution in [0, 0.1) is 0 Å². The number of hydrogen-bond acceptors (Lipinski definition) is 2. The van der Waals surface area contributed by atoms with Crippen LogP contribution >= 0.6 is 0 Å². The molecule has 40 heavy (non-hydrogen) atoms. The van der Waals surface area contributed by atoms with Crippen LogP contribution in [-0.2, 0) is 30.4 Å². The number of hydrogen-bond donors (Lipinski definition) is 0. The molecule has 0 amide bonds. The van der Waals surface area contributed by atoms with Crippen molar-refractivity contribution in [1.82, 2.24) is 0 Å². The largest absolute Gasteiger partial charge is 0.357 e. The molecule has 0 fully saturated rings. The van der Waals surface area contributed by atoms with Gasteiger partial charge in [0.2, 0.25) is 0 Å². The van der Waals surface area contributed by atoms with Gasteiger partial charge in [0, 0.05) is 0 Å². The Morgan fingerprint density at radius 1 is 0.350 bits per heavy atom. The second-order valence-corrected chi connectivity index (χ2v) is 37.8. The summed E-state index contributed by atoms with van der Waals surface area (Å²) in [6.07, 6.45) is 0. The lowest BCUT2D eigenvalue weighted by Crippen LogP contribution is -2.52. The molecular weight excluding hydrogens is 553 g/mol. The summed E-state index contributed by atoms with van der Waals surface area (Å²) in [4.78, 5) is 0. The van der Waals surface area contributed by atoms with Gasteiger partial charge in [-0.2, -0.15) is 0 Å². The molecule has 4 aliphatic rings. The fraction of sp³-hybridized carbons (Fsp3) is 0.471. The first-order chi connectivity index (χ1) is 18.3. The molecule has 0 saturated carbocycles. The van der Waals surface area contributed by atoms with E-state index in [1.54, 1.807) is 0 Å². The van der Waals surface area contributed by atoms with Gasteiger partial charge in [-0.15, -0.1) is 0 Å². The quantitative estimate of drug-likeness (QED) is 0.279. The fourth-order valence-corrected chi connectivity index (χ4v) is 19.5. The summed E-state index contributed by atoms with van der Waals surface area (Å²) in [5.74, 6) is 0. The molecule has 0 saturated heterocycles. The van der Waals surface area contributed by atoms with E-state index < -0.39 is 32.3 Å². The van der Waals surface area contributed by atoms with Gasteiger partial charge >= 0.3 is 0 Å². The lowest BCUT2D eigenvalue weighted by molar-refractivity contribution is 0.00764. The Morgan fingerprint density at radius 2 is 0.550 bits per heavy atom. The molecule has 0 spiro atoms. The van der Waals surface area contributed by atoms with Gasteiger partial charge in [-0.05, 0) is 56.6 Å². The topological polar surface area (TPSA) is 18.5 Å². The Kier molecular flexibility index (Phi) is 4.99. The second-order valence-electron chi connectivity index (χ2n) is 17.0. The smallest absolute Gasteiger partial charge is 0.108 e. The van der Waals surface area contributed by atoms with E-state index in [9.17, 15) is 0 Å². The standard InChI is InChI=1S/C34H46O2Si4/c1-37(2,3)31-23-17-13-14-18-24(23)32(35-31,38(4,5)6)28-22-30-29(21-27(28)31)33(39(7,8)9)25-19-15-16-20-26(25)34(30,36-33)40(10,11)12/h13-22H,1-12H3/t31-,32+,33+,34-. The Bertz CT molecular complexity index is 1380. The van der Waals surface area contributed by atoms with Crippen LogP contribution in [0.15, 0.2) is 60.7 Å². The summed E-state index contributed by atoms with van der Waals surface area (Å²) < 4.78 is 15.6. The van der Waals surface area contributed by atoms with Gasteiger partial charge in [-0.3, -0.25) is 0 Å². The molecule has 3 aromatic rings. The average Bonchev–Trinajstić information content (AvgIpc) is 3.53. The molecule has 4 bridgehead atoms. The SMILES string of the molecule is C[Si](C)(C)[C@@]12O[C@@]([Si](C)(C)C)(c3ccccc31)c1cc3c(cc12)[C@@]1([Si](C)(C)C)O[C@]3([Si](C)(C)C)c2ccccc21. The van der Waals surface area contributed by atoms with Crippen molar-refractivity contribution in [3.63, 3.8) is 0 Å². The first kappa shape index (κ1) is 27.3. The molecule has 3 aromatic carbocycles. The van der Waals surface area contributed by atoms with E-state index in [0.717, 1.165) is 0 Å². The van der Waals surface area contributed by atoms with Crippen molar-refractivity contribution >= 4 is 32.3 Å². The van der Waals surface area contributed by atoms with Crippen molar-refractivity contribution in [2.45, 2.75) is 99.5 Å². The van der Waals surface area contributed by atoms with Crippen molar-refractivity contribution in [3.8, 4) is 0 Å². The highest BCUT2D eigenvalue weighted by atomic mass is 28.3. The Labute approximate surface area is 245 Å². The normalized spacial score (nSPS) is 31.7. The van der Waals surface area contributed by atoms with Crippen LogP contribution in [0.4, 0.5) is 0 Å². The van der Waals surface area contributed by atoms with E-state index in [0.29, 0.717) is 0 Å². The maximum atomic E-state index is 7.81. The molecule has 4 aliphatic heterocycles. The highest BCUT2D eigenvalue weighted by Gasteiger charge is 2.74. The Hall–Kier alpha value is -1.55. The van der Waals surface area contributed by atoms with Crippen molar-refractivity contribution in [1.29, 1.82) is 0 Å².